The first kappa shape index (κ1) is 12.7. The molecule has 0 atom stereocenters. The van der Waals surface area contributed by atoms with E-state index in [1.54, 1.807) is 4.90 Å². The summed E-state index contributed by atoms with van der Waals surface area (Å²) in [5, 5.41) is 12.3. The van der Waals surface area contributed by atoms with Crippen LogP contribution in [0, 0.1) is 0 Å². The van der Waals surface area contributed by atoms with Crippen molar-refractivity contribution >= 4 is 23.6 Å². The standard InChI is InChI=1S/C11H18N2O3S/c14-7-11(3-1-2-4-11)12-9(15)5-13-8-17-6-10(13)16/h14H,1-8H2,(H,12,15). The monoisotopic (exact) mass is 258 g/mol. The molecule has 2 fully saturated rings. The van der Waals surface area contributed by atoms with Gasteiger partial charge in [-0.15, -0.1) is 11.8 Å². The van der Waals surface area contributed by atoms with Crippen molar-refractivity contribution in [3.63, 3.8) is 0 Å². The van der Waals surface area contributed by atoms with Gasteiger partial charge in [0.25, 0.3) is 0 Å². The van der Waals surface area contributed by atoms with E-state index in [1.165, 1.54) is 11.8 Å². The van der Waals surface area contributed by atoms with Crippen LogP contribution in [0.1, 0.15) is 25.7 Å². The van der Waals surface area contributed by atoms with Gasteiger partial charge in [-0.25, -0.2) is 0 Å². The third kappa shape index (κ3) is 2.93. The normalized spacial score (nSPS) is 23.1. The maximum absolute atomic E-state index is 11.8. The van der Waals surface area contributed by atoms with Crippen molar-refractivity contribution in [2.24, 2.45) is 0 Å². The first-order valence-corrected chi connectivity index (χ1v) is 7.08. The molecular formula is C11H18N2O3S. The second-order valence-corrected chi connectivity index (χ2v) is 5.72. The zero-order chi connectivity index (χ0) is 12.3. The maximum Gasteiger partial charge on any atom is 0.240 e. The number of thioether (sulfide) groups is 1. The molecule has 0 radical (unpaired) electrons. The predicted octanol–water partition coefficient (Wildman–Crippen LogP) is -0.0594. The van der Waals surface area contributed by atoms with Crippen molar-refractivity contribution < 1.29 is 14.7 Å². The smallest absolute Gasteiger partial charge is 0.240 e. The second kappa shape index (κ2) is 5.27. The van der Waals surface area contributed by atoms with E-state index in [2.05, 4.69) is 5.32 Å². The Hall–Kier alpha value is -0.750. The molecule has 6 heteroatoms. The van der Waals surface area contributed by atoms with Crippen molar-refractivity contribution in [3.8, 4) is 0 Å². The van der Waals surface area contributed by atoms with Crippen LogP contribution in [0.2, 0.25) is 0 Å². The summed E-state index contributed by atoms with van der Waals surface area (Å²) in [4.78, 5) is 24.8. The number of amides is 2. The average molecular weight is 258 g/mol. The predicted molar refractivity (Wildman–Crippen MR) is 65.5 cm³/mol. The summed E-state index contributed by atoms with van der Waals surface area (Å²) < 4.78 is 0. The molecule has 1 saturated carbocycles. The van der Waals surface area contributed by atoms with Gasteiger partial charge >= 0.3 is 0 Å². The van der Waals surface area contributed by atoms with Crippen LogP contribution in [0.5, 0.6) is 0 Å². The van der Waals surface area contributed by atoms with Crippen LogP contribution < -0.4 is 5.32 Å². The third-order valence-electron chi connectivity index (χ3n) is 3.43. The fourth-order valence-electron chi connectivity index (χ4n) is 2.42. The highest BCUT2D eigenvalue weighted by Crippen LogP contribution is 2.29. The zero-order valence-corrected chi connectivity index (χ0v) is 10.6. The van der Waals surface area contributed by atoms with Crippen molar-refractivity contribution in [2.45, 2.75) is 31.2 Å². The molecule has 1 aliphatic carbocycles. The van der Waals surface area contributed by atoms with Crippen LogP contribution in [-0.4, -0.2) is 52.1 Å². The van der Waals surface area contributed by atoms with Gasteiger partial charge in [-0.2, -0.15) is 0 Å². The SMILES string of the molecule is O=C(CN1CSCC1=O)NC1(CO)CCCC1. The van der Waals surface area contributed by atoms with Gasteiger partial charge in [0.2, 0.25) is 11.8 Å². The minimum absolute atomic E-state index is 0.0125. The Morgan fingerprint density at radius 3 is 2.71 bits per heavy atom. The van der Waals surface area contributed by atoms with Crippen LogP contribution in [0.25, 0.3) is 0 Å². The number of carbonyl (C=O) groups is 2. The lowest BCUT2D eigenvalue weighted by atomic mass is 9.99. The van der Waals surface area contributed by atoms with E-state index in [4.69, 9.17) is 0 Å². The van der Waals surface area contributed by atoms with Crippen LogP contribution >= 0.6 is 11.8 Å². The number of aliphatic hydroxyl groups is 1. The maximum atomic E-state index is 11.8. The lowest BCUT2D eigenvalue weighted by molar-refractivity contribution is -0.133. The Balaban J connectivity index is 1.86. The van der Waals surface area contributed by atoms with Gasteiger partial charge in [0.05, 0.1) is 23.8 Å². The molecule has 1 heterocycles. The molecule has 1 saturated heterocycles. The second-order valence-electron chi connectivity index (χ2n) is 4.76. The van der Waals surface area contributed by atoms with Crippen LogP contribution in [-0.2, 0) is 9.59 Å². The number of hydrogen-bond acceptors (Lipinski definition) is 4. The molecule has 2 rings (SSSR count). The van der Waals surface area contributed by atoms with E-state index in [0.717, 1.165) is 25.7 Å². The van der Waals surface area contributed by atoms with E-state index < -0.39 is 5.54 Å². The Labute approximate surface area is 105 Å². The Morgan fingerprint density at radius 1 is 1.47 bits per heavy atom. The number of aliphatic hydroxyl groups excluding tert-OH is 1. The van der Waals surface area contributed by atoms with Gasteiger partial charge in [0, 0.05) is 0 Å². The highest BCUT2D eigenvalue weighted by Gasteiger charge is 2.35. The number of hydrogen-bond donors (Lipinski definition) is 2. The van der Waals surface area contributed by atoms with Gasteiger partial charge < -0.3 is 15.3 Å². The number of nitrogens with zero attached hydrogens (tertiary/aromatic N) is 1. The molecule has 96 valence electrons. The Bertz CT molecular complexity index is 316. The minimum atomic E-state index is -0.438. The summed E-state index contributed by atoms with van der Waals surface area (Å²) in [6, 6.07) is 0. The molecule has 17 heavy (non-hydrogen) atoms. The highest BCUT2D eigenvalue weighted by atomic mass is 32.2. The average Bonchev–Trinajstić information content (AvgIpc) is 2.90. The molecule has 0 aromatic rings. The first-order chi connectivity index (χ1) is 8.15. The quantitative estimate of drug-likeness (QED) is 0.741. The molecule has 0 aromatic heterocycles. The first-order valence-electron chi connectivity index (χ1n) is 5.93. The van der Waals surface area contributed by atoms with Gasteiger partial charge in [0.1, 0.15) is 6.54 Å². The zero-order valence-electron chi connectivity index (χ0n) is 9.78. The fourth-order valence-corrected chi connectivity index (χ4v) is 3.33. The van der Waals surface area contributed by atoms with Gasteiger partial charge in [0.15, 0.2) is 0 Å². The van der Waals surface area contributed by atoms with E-state index >= 15 is 0 Å². The molecule has 0 aromatic carbocycles. The van der Waals surface area contributed by atoms with Gasteiger partial charge in [-0.3, -0.25) is 9.59 Å². The van der Waals surface area contributed by atoms with Crippen molar-refractivity contribution in [2.75, 3.05) is 24.8 Å². The summed E-state index contributed by atoms with van der Waals surface area (Å²) in [6.07, 6.45) is 3.74. The summed E-state index contributed by atoms with van der Waals surface area (Å²) >= 11 is 1.53. The molecule has 2 amide bonds. The molecular weight excluding hydrogens is 240 g/mol. The number of carbonyl (C=O) groups excluding carboxylic acids is 2. The van der Waals surface area contributed by atoms with E-state index in [0.29, 0.717) is 11.6 Å². The van der Waals surface area contributed by atoms with Gasteiger partial charge in [-0.1, -0.05) is 12.8 Å². The number of nitrogens with one attached hydrogen (secondary N) is 1. The van der Waals surface area contributed by atoms with E-state index in [1.807, 2.05) is 0 Å². The molecule has 1 aliphatic heterocycles. The summed E-state index contributed by atoms with van der Waals surface area (Å²) in [5.41, 5.74) is -0.438. The molecule has 2 aliphatic rings. The topological polar surface area (TPSA) is 69.6 Å². The minimum Gasteiger partial charge on any atom is -0.394 e. The van der Waals surface area contributed by atoms with Crippen molar-refractivity contribution in [3.05, 3.63) is 0 Å². The summed E-state index contributed by atoms with van der Waals surface area (Å²) in [7, 11) is 0. The summed E-state index contributed by atoms with van der Waals surface area (Å²) in [5.74, 6) is 0.933. The third-order valence-corrected chi connectivity index (χ3v) is 4.37. The Morgan fingerprint density at radius 2 is 2.18 bits per heavy atom. The van der Waals surface area contributed by atoms with Gasteiger partial charge in [-0.05, 0) is 12.8 Å². The van der Waals surface area contributed by atoms with Crippen LogP contribution in [0.3, 0.4) is 0 Å². The molecule has 0 spiro atoms. The highest BCUT2D eigenvalue weighted by molar-refractivity contribution is 8.00. The van der Waals surface area contributed by atoms with E-state index in [9.17, 15) is 14.7 Å². The van der Waals surface area contributed by atoms with Crippen molar-refractivity contribution in [1.82, 2.24) is 10.2 Å². The van der Waals surface area contributed by atoms with E-state index in [-0.39, 0.29) is 25.0 Å². The molecule has 0 unspecified atom stereocenters. The Kier molecular flexibility index (Phi) is 3.93. The largest absolute Gasteiger partial charge is 0.394 e. The molecule has 0 bridgehead atoms. The molecule has 2 N–H and O–H groups in total. The summed E-state index contributed by atoms with van der Waals surface area (Å²) in [6.45, 7) is 0.106. The van der Waals surface area contributed by atoms with Crippen molar-refractivity contribution in [1.29, 1.82) is 0 Å². The van der Waals surface area contributed by atoms with Crippen LogP contribution in [0.15, 0.2) is 0 Å². The fraction of sp³-hybridized carbons (Fsp3) is 0.818. The van der Waals surface area contributed by atoms with Crippen LogP contribution in [0.4, 0.5) is 0 Å². The molecule has 5 nitrogen and oxygen atoms in total. The number of rotatable bonds is 4. The lowest BCUT2D eigenvalue weighted by Crippen LogP contribution is -2.52. The lowest BCUT2D eigenvalue weighted by Gasteiger charge is -2.29.